The molecule has 2 aromatic carbocycles. The first-order valence-corrected chi connectivity index (χ1v) is 7.24. The number of rotatable bonds is 4. The van der Waals surface area contributed by atoms with Crippen molar-refractivity contribution in [3.8, 4) is 0 Å². The molecule has 1 nitrogen and oxygen atoms in total. The van der Waals surface area contributed by atoms with E-state index in [2.05, 4.69) is 25.1 Å². The largest absolute Gasteiger partial charge is 0.361 e. The Bertz CT molecular complexity index is 591. The van der Waals surface area contributed by atoms with Gasteiger partial charge in [0.2, 0.25) is 0 Å². The fourth-order valence-electron chi connectivity index (χ4n) is 3.05. The van der Waals surface area contributed by atoms with Crippen LogP contribution in [0.5, 0.6) is 0 Å². The topological polar surface area (TPSA) is 9.23 Å². The van der Waals surface area contributed by atoms with Gasteiger partial charge < -0.3 is 4.74 Å². The van der Waals surface area contributed by atoms with Gasteiger partial charge in [-0.1, -0.05) is 56.2 Å². The van der Waals surface area contributed by atoms with E-state index >= 15 is 0 Å². The minimum atomic E-state index is -0.402. The molecule has 3 rings (SSSR count). The van der Waals surface area contributed by atoms with Crippen molar-refractivity contribution in [3.05, 3.63) is 71.0 Å². The molecule has 20 heavy (non-hydrogen) atoms. The molecule has 2 aromatic rings. The van der Waals surface area contributed by atoms with Crippen LogP contribution >= 0.6 is 0 Å². The van der Waals surface area contributed by atoms with Crippen molar-refractivity contribution >= 4 is 0 Å². The lowest BCUT2D eigenvalue weighted by Gasteiger charge is -2.30. The van der Waals surface area contributed by atoms with Crippen LogP contribution < -0.4 is 0 Å². The van der Waals surface area contributed by atoms with Gasteiger partial charge in [0.1, 0.15) is 11.4 Å². The molecule has 1 heterocycles. The van der Waals surface area contributed by atoms with Gasteiger partial charge in [-0.25, -0.2) is 4.39 Å². The Hall–Kier alpha value is -1.67. The lowest BCUT2D eigenvalue weighted by atomic mass is 9.82. The van der Waals surface area contributed by atoms with Crippen molar-refractivity contribution in [2.24, 2.45) is 0 Å². The van der Waals surface area contributed by atoms with E-state index < -0.39 is 5.60 Å². The van der Waals surface area contributed by atoms with Crippen LogP contribution in [-0.2, 0) is 16.9 Å². The second-order valence-electron chi connectivity index (χ2n) is 5.38. The van der Waals surface area contributed by atoms with Gasteiger partial charge >= 0.3 is 0 Å². The van der Waals surface area contributed by atoms with Crippen molar-refractivity contribution in [1.82, 2.24) is 0 Å². The summed E-state index contributed by atoms with van der Waals surface area (Å²) in [5, 5.41) is 0. The Labute approximate surface area is 119 Å². The standard InChI is InChI=1S/C18H19FO/c1-2-3-12-18(15-8-10-16(19)11-9-15)17-7-5-4-6-14(17)13-20-18/h4-11H,2-3,12-13H2,1H3. The third kappa shape index (κ3) is 2.14. The van der Waals surface area contributed by atoms with Crippen molar-refractivity contribution in [2.75, 3.05) is 0 Å². The van der Waals surface area contributed by atoms with Crippen molar-refractivity contribution in [3.63, 3.8) is 0 Å². The van der Waals surface area contributed by atoms with Gasteiger partial charge in [-0.3, -0.25) is 0 Å². The molecule has 0 saturated heterocycles. The molecule has 0 fully saturated rings. The molecule has 0 spiro atoms. The molecule has 1 aliphatic rings. The average Bonchev–Trinajstić information content (AvgIpc) is 2.86. The van der Waals surface area contributed by atoms with Crippen LogP contribution in [-0.4, -0.2) is 0 Å². The van der Waals surface area contributed by atoms with Gasteiger partial charge in [-0.2, -0.15) is 0 Å². The van der Waals surface area contributed by atoms with Gasteiger partial charge in [-0.15, -0.1) is 0 Å². The highest BCUT2D eigenvalue weighted by Crippen LogP contribution is 2.45. The number of unbranched alkanes of at least 4 members (excludes halogenated alkanes) is 1. The van der Waals surface area contributed by atoms with Crippen LogP contribution in [0.25, 0.3) is 0 Å². The van der Waals surface area contributed by atoms with Crippen LogP contribution in [0, 0.1) is 5.82 Å². The van der Waals surface area contributed by atoms with Gasteiger partial charge in [0.05, 0.1) is 6.61 Å². The first-order chi connectivity index (χ1) is 9.76. The van der Waals surface area contributed by atoms with E-state index in [4.69, 9.17) is 4.74 Å². The second kappa shape index (κ2) is 5.37. The summed E-state index contributed by atoms with van der Waals surface area (Å²) in [6.45, 7) is 2.82. The SMILES string of the molecule is CCCCC1(c2ccc(F)cc2)OCc2ccccc21. The van der Waals surface area contributed by atoms with Crippen molar-refractivity contribution in [2.45, 2.75) is 38.4 Å². The molecule has 0 aromatic heterocycles. The van der Waals surface area contributed by atoms with Gasteiger partial charge in [0, 0.05) is 0 Å². The maximum absolute atomic E-state index is 13.2. The molecule has 1 atom stereocenters. The molecule has 0 bridgehead atoms. The lowest BCUT2D eigenvalue weighted by molar-refractivity contribution is -0.0131. The number of halogens is 1. The van der Waals surface area contributed by atoms with E-state index in [-0.39, 0.29) is 5.82 Å². The molecule has 0 aliphatic carbocycles. The molecule has 1 unspecified atom stereocenters. The minimum Gasteiger partial charge on any atom is -0.361 e. The van der Waals surface area contributed by atoms with Crippen LogP contribution in [0.3, 0.4) is 0 Å². The summed E-state index contributed by atoms with van der Waals surface area (Å²) in [5.74, 6) is -0.203. The number of benzene rings is 2. The summed E-state index contributed by atoms with van der Waals surface area (Å²) in [4.78, 5) is 0. The molecule has 0 N–H and O–H groups in total. The zero-order valence-electron chi connectivity index (χ0n) is 11.7. The summed E-state index contributed by atoms with van der Waals surface area (Å²) in [6.07, 6.45) is 3.15. The molecule has 1 aliphatic heterocycles. The molecular weight excluding hydrogens is 251 g/mol. The molecular formula is C18H19FO. The Morgan fingerprint density at radius 2 is 1.85 bits per heavy atom. The lowest BCUT2D eigenvalue weighted by Crippen LogP contribution is -2.27. The van der Waals surface area contributed by atoms with Crippen LogP contribution in [0.2, 0.25) is 0 Å². The number of hydrogen-bond donors (Lipinski definition) is 0. The Morgan fingerprint density at radius 1 is 1.10 bits per heavy atom. The third-order valence-corrected chi connectivity index (χ3v) is 4.12. The highest BCUT2D eigenvalue weighted by Gasteiger charge is 2.40. The third-order valence-electron chi connectivity index (χ3n) is 4.12. The molecule has 0 radical (unpaired) electrons. The quantitative estimate of drug-likeness (QED) is 0.776. The van der Waals surface area contributed by atoms with Crippen LogP contribution in [0.4, 0.5) is 4.39 Å². The first-order valence-electron chi connectivity index (χ1n) is 7.24. The molecule has 2 heteroatoms. The number of fused-ring (bicyclic) bond motifs is 1. The average molecular weight is 270 g/mol. The maximum atomic E-state index is 13.2. The predicted octanol–water partition coefficient (Wildman–Crippen LogP) is 4.79. The number of ether oxygens (including phenoxy) is 1. The predicted molar refractivity (Wildman–Crippen MR) is 77.9 cm³/mol. The van der Waals surface area contributed by atoms with Crippen molar-refractivity contribution < 1.29 is 9.13 Å². The zero-order chi connectivity index (χ0) is 14.0. The highest BCUT2D eigenvalue weighted by atomic mass is 19.1. The Kier molecular flexibility index (Phi) is 3.58. The fourth-order valence-corrected chi connectivity index (χ4v) is 3.05. The van der Waals surface area contributed by atoms with E-state index in [1.165, 1.54) is 23.3 Å². The smallest absolute Gasteiger partial charge is 0.123 e. The van der Waals surface area contributed by atoms with Crippen LogP contribution in [0.15, 0.2) is 48.5 Å². The first kappa shape index (κ1) is 13.3. The summed E-state index contributed by atoms with van der Waals surface area (Å²) in [5.41, 5.74) is 3.13. The van der Waals surface area contributed by atoms with Gasteiger partial charge in [-0.05, 0) is 35.2 Å². The summed E-state index contributed by atoms with van der Waals surface area (Å²) < 4.78 is 19.4. The molecule has 0 saturated carbocycles. The van der Waals surface area contributed by atoms with Gasteiger partial charge in [0.25, 0.3) is 0 Å². The van der Waals surface area contributed by atoms with E-state index in [0.717, 1.165) is 24.8 Å². The van der Waals surface area contributed by atoms with E-state index in [1.54, 1.807) is 0 Å². The van der Waals surface area contributed by atoms with E-state index in [0.29, 0.717) is 6.61 Å². The maximum Gasteiger partial charge on any atom is 0.123 e. The highest BCUT2D eigenvalue weighted by molar-refractivity contribution is 5.43. The normalized spacial score (nSPS) is 20.9. The fraction of sp³-hybridized carbons (Fsp3) is 0.333. The minimum absolute atomic E-state index is 0.203. The Morgan fingerprint density at radius 3 is 2.60 bits per heavy atom. The zero-order valence-corrected chi connectivity index (χ0v) is 11.7. The number of hydrogen-bond acceptors (Lipinski definition) is 1. The van der Waals surface area contributed by atoms with Gasteiger partial charge in [0.15, 0.2) is 0 Å². The monoisotopic (exact) mass is 270 g/mol. The van der Waals surface area contributed by atoms with E-state index in [9.17, 15) is 4.39 Å². The summed E-state index contributed by atoms with van der Waals surface area (Å²) in [7, 11) is 0. The van der Waals surface area contributed by atoms with Crippen molar-refractivity contribution in [1.29, 1.82) is 0 Å². The van der Waals surface area contributed by atoms with E-state index in [1.807, 2.05) is 18.2 Å². The summed E-state index contributed by atoms with van der Waals surface area (Å²) in [6, 6.07) is 15.1. The Balaban J connectivity index is 2.09. The molecule has 104 valence electrons. The van der Waals surface area contributed by atoms with Crippen LogP contribution in [0.1, 0.15) is 42.9 Å². The summed E-state index contributed by atoms with van der Waals surface area (Å²) >= 11 is 0. The second-order valence-corrected chi connectivity index (χ2v) is 5.38. The molecule has 0 amide bonds.